The van der Waals surface area contributed by atoms with E-state index in [1.807, 2.05) is 35.4 Å². The average molecular weight is 701 g/mol. The molecule has 2 N–H and O–H groups in total. The van der Waals surface area contributed by atoms with Gasteiger partial charge in [0.2, 0.25) is 5.91 Å². The molecule has 4 heterocycles. The molecule has 0 unspecified atom stereocenters. The van der Waals surface area contributed by atoms with Gasteiger partial charge in [0.1, 0.15) is 17.9 Å². The van der Waals surface area contributed by atoms with Crippen LogP contribution in [-0.4, -0.2) is 96.3 Å². The highest BCUT2D eigenvalue weighted by molar-refractivity contribution is 6.31. The number of hydrogen-bond acceptors (Lipinski definition) is 10. The Morgan fingerprint density at radius 1 is 1.06 bits per heavy atom. The Hall–Kier alpha value is -3.90. The summed E-state index contributed by atoms with van der Waals surface area (Å²) in [6.07, 6.45) is 9.36. The molecule has 11 nitrogen and oxygen atoms in total. The maximum absolute atomic E-state index is 12.6. The smallest absolute Gasteiger partial charge is 0.247 e. The van der Waals surface area contributed by atoms with Crippen LogP contribution in [-0.2, 0) is 16.1 Å². The first-order chi connectivity index (χ1) is 24.3. The van der Waals surface area contributed by atoms with Crippen molar-refractivity contribution < 1.29 is 14.4 Å². The highest BCUT2D eigenvalue weighted by atomic mass is 35.5. The third-order valence-corrected chi connectivity index (χ3v) is 11.2. The zero-order chi connectivity index (χ0) is 34.8. The summed E-state index contributed by atoms with van der Waals surface area (Å²) in [6.45, 7) is 14.0. The number of ether oxygens (including phenoxy) is 1. The zero-order valence-electron chi connectivity index (χ0n) is 29.4. The second-order valence-corrected chi connectivity index (χ2v) is 14.4. The fourth-order valence-electron chi connectivity index (χ4n) is 7.88. The lowest BCUT2D eigenvalue weighted by molar-refractivity contribution is -0.111. The normalized spacial score (nSPS) is 22.1. The number of anilines is 5. The molecule has 1 aromatic heterocycles. The largest absolute Gasteiger partial charge is 0.494 e. The van der Waals surface area contributed by atoms with Gasteiger partial charge in [0.15, 0.2) is 5.82 Å². The summed E-state index contributed by atoms with van der Waals surface area (Å²) in [5.41, 5.74) is 4.57. The quantitative estimate of drug-likeness (QED) is 0.225. The first-order valence-corrected chi connectivity index (χ1v) is 18.3. The molecule has 0 spiro atoms. The summed E-state index contributed by atoms with van der Waals surface area (Å²) < 4.78 is 5.91. The summed E-state index contributed by atoms with van der Waals surface area (Å²) in [5, 5.41) is 9.11. The van der Waals surface area contributed by atoms with Crippen molar-refractivity contribution in [1.29, 1.82) is 0 Å². The minimum absolute atomic E-state index is 0.101. The van der Waals surface area contributed by atoms with Crippen LogP contribution in [0.25, 0.3) is 0 Å². The maximum Gasteiger partial charge on any atom is 0.247 e. The summed E-state index contributed by atoms with van der Waals surface area (Å²) in [4.78, 5) is 35.5. The monoisotopic (exact) mass is 700 g/mol. The van der Waals surface area contributed by atoms with Crippen molar-refractivity contribution in [3.63, 3.8) is 0 Å². The maximum atomic E-state index is 12.6. The second-order valence-electron chi connectivity index (χ2n) is 14.0. The molecule has 7 rings (SSSR count). The van der Waals surface area contributed by atoms with E-state index in [0.29, 0.717) is 47.5 Å². The number of carbonyl (C=O) groups excluding carboxylic acids is 1. The number of benzene rings is 2. The number of nitrogens with one attached hydrogen (secondary N) is 2. The van der Waals surface area contributed by atoms with Crippen molar-refractivity contribution in [2.45, 2.75) is 76.5 Å². The molecule has 50 heavy (non-hydrogen) atoms. The molecule has 1 amide bonds. The van der Waals surface area contributed by atoms with Crippen molar-refractivity contribution in [3.8, 4) is 5.75 Å². The van der Waals surface area contributed by atoms with Crippen LogP contribution in [0.1, 0.15) is 50.2 Å². The molecule has 3 saturated heterocycles. The second kappa shape index (κ2) is 15.1. The predicted octanol–water partition coefficient (Wildman–Crippen LogP) is 6.21. The van der Waals surface area contributed by atoms with Gasteiger partial charge in [0, 0.05) is 68.0 Å². The third kappa shape index (κ3) is 7.56. The van der Waals surface area contributed by atoms with Gasteiger partial charge in [-0.1, -0.05) is 30.3 Å². The lowest BCUT2D eigenvalue weighted by atomic mass is 9.99. The predicted molar refractivity (Wildman–Crippen MR) is 200 cm³/mol. The SMILES string of the molecule is C=CC(=O)Nc1cc(Nc2cc(N3OCC[C@@H]3Cc3cccc(Cl)c3C)ncn2)c(OC)cc1N1CCC(N2CCN(C3CC3)[C@H](C)C2)CC1. The lowest BCUT2D eigenvalue weighted by Crippen LogP contribution is -2.57. The van der Waals surface area contributed by atoms with Crippen LogP contribution in [0.5, 0.6) is 5.75 Å². The van der Waals surface area contributed by atoms with Crippen LogP contribution in [0.2, 0.25) is 5.02 Å². The van der Waals surface area contributed by atoms with Crippen LogP contribution in [0.4, 0.5) is 28.7 Å². The van der Waals surface area contributed by atoms with E-state index in [9.17, 15) is 4.79 Å². The van der Waals surface area contributed by atoms with Crippen LogP contribution >= 0.6 is 11.6 Å². The van der Waals surface area contributed by atoms with Gasteiger partial charge in [-0.05, 0) is 81.7 Å². The molecule has 4 fully saturated rings. The number of piperazine rings is 1. The third-order valence-electron chi connectivity index (χ3n) is 10.8. The number of hydrogen-bond donors (Lipinski definition) is 2. The fourth-order valence-corrected chi connectivity index (χ4v) is 8.08. The number of aromatic nitrogens is 2. The first-order valence-electron chi connectivity index (χ1n) is 18.0. The molecule has 4 aliphatic rings. The van der Waals surface area contributed by atoms with Crippen molar-refractivity contribution in [1.82, 2.24) is 19.8 Å². The molecule has 12 heteroatoms. The van der Waals surface area contributed by atoms with Gasteiger partial charge in [-0.3, -0.25) is 19.4 Å². The molecular weight excluding hydrogens is 652 g/mol. The van der Waals surface area contributed by atoms with E-state index in [1.165, 1.54) is 37.4 Å². The van der Waals surface area contributed by atoms with E-state index in [2.05, 4.69) is 61.8 Å². The molecule has 3 aliphatic heterocycles. The average Bonchev–Trinajstić information content (AvgIpc) is 3.87. The topological polar surface area (TPSA) is 98.3 Å². The summed E-state index contributed by atoms with van der Waals surface area (Å²) in [7, 11) is 1.66. The number of halogens is 1. The van der Waals surface area contributed by atoms with Crippen LogP contribution < -0.4 is 25.3 Å². The van der Waals surface area contributed by atoms with E-state index < -0.39 is 0 Å². The Labute approximate surface area is 300 Å². The minimum Gasteiger partial charge on any atom is -0.494 e. The minimum atomic E-state index is -0.267. The highest BCUT2D eigenvalue weighted by Gasteiger charge is 2.37. The van der Waals surface area contributed by atoms with E-state index in [0.717, 1.165) is 74.2 Å². The van der Waals surface area contributed by atoms with Gasteiger partial charge in [-0.15, -0.1) is 0 Å². The number of hydroxylamine groups is 1. The van der Waals surface area contributed by atoms with E-state index >= 15 is 0 Å². The Morgan fingerprint density at radius 2 is 1.88 bits per heavy atom. The van der Waals surface area contributed by atoms with Crippen molar-refractivity contribution in [2.24, 2.45) is 0 Å². The highest BCUT2D eigenvalue weighted by Crippen LogP contribution is 2.40. The number of rotatable bonds is 11. The van der Waals surface area contributed by atoms with Crippen molar-refractivity contribution in [2.75, 3.05) is 67.0 Å². The van der Waals surface area contributed by atoms with Gasteiger partial charge in [0.25, 0.3) is 0 Å². The Balaban J connectivity index is 1.07. The number of amides is 1. The van der Waals surface area contributed by atoms with Gasteiger partial charge in [0.05, 0.1) is 36.8 Å². The van der Waals surface area contributed by atoms with Gasteiger partial charge >= 0.3 is 0 Å². The fraction of sp³-hybridized carbons (Fsp3) is 0.500. The van der Waals surface area contributed by atoms with Crippen LogP contribution in [0.15, 0.2) is 55.4 Å². The number of nitrogens with zero attached hydrogens (tertiary/aromatic N) is 6. The van der Waals surface area contributed by atoms with Crippen molar-refractivity contribution >= 4 is 46.2 Å². The van der Waals surface area contributed by atoms with Gasteiger partial charge in [-0.25, -0.2) is 15.0 Å². The molecule has 266 valence electrons. The number of methoxy groups -OCH3 is 1. The van der Waals surface area contributed by atoms with Gasteiger partial charge < -0.3 is 20.3 Å². The zero-order valence-corrected chi connectivity index (χ0v) is 30.2. The molecule has 0 radical (unpaired) electrons. The summed E-state index contributed by atoms with van der Waals surface area (Å²) in [5.74, 6) is 1.62. The standard InChI is InChI=1S/C38H49ClN8O3/c1-5-38(48)43-32-20-33(42-36-22-37(41-24-40-36)47-30(13-18-50-47)19-27-7-6-8-31(39)26(27)3)35(49-4)21-34(32)44-14-11-28(12-15-44)45-16-17-46(25(2)23-45)29-9-10-29/h5-8,20-22,24-25,28-30H,1,9-19,23H2,2-4H3,(H,43,48)(H,40,41,42)/t25-,30-/m1/s1. The van der Waals surface area contributed by atoms with E-state index in [4.69, 9.17) is 21.2 Å². The lowest BCUT2D eigenvalue weighted by Gasteiger charge is -2.46. The molecule has 0 bridgehead atoms. The first kappa shape index (κ1) is 34.5. The summed E-state index contributed by atoms with van der Waals surface area (Å²) >= 11 is 6.41. The number of piperidine rings is 1. The van der Waals surface area contributed by atoms with Crippen LogP contribution in [0.3, 0.4) is 0 Å². The van der Waals surface area contributed by atoms with Gasteiger partial charge in [-0.2, -0.15) is 0 Å². The Morgan fingerprint density at radius 3 is 2.62 bits per heavy atom. The molecule has 2 atom stereocenters. The molecule has 3 aromatic rings. The Bertz CT molecular complexity index is 1690. The molecule has 2 aromatic carbocycles. The molecule has 1 saturated carbocycles. The van der Waals surface area contributed by atoms with E-state index in [-0.39, 0.29) is 11.9 Å². The molecule has 1 aliphatic carbocycles. The summed E-state index contributed by atoms with van der Waals surface area (Å²) in [6, 6.07) is 13.9. The van der Waals surface area contributed by atoms with Crippen molar-refractivity contribution in [3.05, 3.63) is 71.5 Å². The van der Waals surface area contributed by atoms with E-state index in [1.54, 1.807) is 7.11 Å². The number of carbonyl (C=O) groups is 1. The van der Waals surface area contributed by atoms with Crippen LogP contribution in [0, 0.1) is 6.92 Å². The molecular formula is C38H49ClN8O3. The Kier molecular flexibility index (Phi) is 10.5.